The van der Waals surface area contributed by atoms with E-state index in [2.05, 4.69) is 15.9 Å². The van der Waals surface area contributed by atoms with E-state index in [0.29, 0.717) is 11.7 Å². The number of hydrogen-bond donors (Lipinski definition) is 1. The van der Waals surface area contributed by atoms with E-state index in [1.165, 1.54) is 19.3 Å². The zero-order valence-corrected chi connectivity index (χ0v) is 10.4. The minimum atomic E-state index is 0.223. The summed E-state index contributed by atoms with van der Waals surface area (Å²) in [6, 6.07) is 3.68. The Morgan fingerprint density at radius 3 is 2.73 bits per heavy atom. The quantitative estimate of drug-likeness (QED) is 0.909. The molecule has 15 heavy (non-hydrogen) atoms. The largest absolute Gasteiger partial charge is 0.504 e. The molecule has 0 bridgehead atoms. The van der Waals surface area contributed by atoms with Crippen molar-refractivity contribution in [2.24, 2.45) is 5.92 Å². The van der Waals surface area contributed by atoms with Gasteiger partial charge in [-0.3, -0.25) is 0 Å². The highest BCUT2D eigenvalue weighted by atomic mass is 79.9. The van der Waals surface area contributed by atoms with Gasteiger partial charge in [0.15, 0.2) is 11.5 Å². The smallest absolute Gasteiger partial charge is 0.175 e. The van der Waals surface area contributed by atoms with Crippen LogP contribution in [0.2, 0.25) is 0 Å². The first-order chi connectivity index (χ1) is 7.16. The lowest BCUT2D eigenvalue weighted by molar-refractivity contribution is 0.175. The lowest BCUT2D eigenvalue weighted by Crippen LogP contribution is -2.19. The van der Waals surface area contributed by atoms with Gasteiger partial charge in [-0.25, -0.2) is 0 Å². The van der Waals surface area contributed by atoms with Crippen molar-refractivity contribution in [2.75, 3.05) is 6.61 Å². The predicted molar refractivity (Wildman–Crippen MR) is 63.4 cm³/mol. The van der Waals surface area contributed by atoms with E-state index in [0.717, 1.165) is 16.6 Å². The van der Waals surface area contributed by atoms with E-state index >= 15 is 0 Å². The van der Waals surface area contributed by atoms with Crippen molar-refractivity contribution in [1.29, 1.82) is 0 Å². The highest BCUT2D eigenvalue weighted by molar-refractivity contribution is 9.10. The molecule has 0 radical (unpaired) electrons. The Morgan fingerprint density at radius 1 is 1.47 bits per heavy atom. The molecule has 1 saturated carbocycles. The second kappa shape index (κ2) is 4.44. The van der Waals surface area contributed by atoms with Crippen LogP contribution in [-0.4, -0.2) is 11.7 Å². The van der Waals surface area contributed by atoms with Crippen LogP contribution in [0, 0.1) is 12.8 Å². The topological polar surface area (TPSA) is 29.5 Å². The Hall–Kier alpha value is -0.700. The summed E-state index contributed by atoms with van der Waals surface area (Å²) in [5, 5.41) is 9.72. The molecule has 0 atom stereocenters. The van der Waals surface area contributed by atoms with Gasteiger partial charge in [0.2, 0.25) is 0 Å². The molecule has 1 N–H and O–H groups in total. The molecule has 1 aliphatic carbocycles. The number of aromatic hydroxyl groups is 1. The van der Waals surface area contributed by atoms with Crippen molar-refractivity contribution >= 4 is 15.9 Å². The maximum atomic E-state index is 9.72. The summed E-state index contributed by atoms with van der Waals surface area (Å²) in [4.78, 5) is 0. The van der Waals surface area contributed by atoms with Crippen molar-refractivity contribution in [3.05, 3.63) is 22.2 Å². The molecule has 82 valence electrons. The van der Waals surface area contributed by atoms with Crippen LogP contribution in [-0.2, 0) is 0 Å². The molecule has 2 nitrogen and oxygen atoms in total. The molecule has 0 aliphatic heterocycles. The Morgan fingerprint density at radius 2 is 2.20 bits per heavy atom. The molecule has 0 heterocycles. The minimum Gasteiger partial charge on any atom is -0.504 e. The van der Waals surface area contributed by atoms with Crippen LogP contribution in [0.15, 0.2) is 16.6 Å². The van der Waals surface area contributed by atoms with Gasteiger partial charge < -0.3 is 9.84 Å². The summed E-state index contributed by atoms with van der Waals surface area (Å²) in [7, 11) is 0. The number of rotatable bonds is 3. The van der Waals surface area contributed by atoms with Gasteiger partial charge in [-0.1, -0.05) is 6.42 Å². The van der Waals surface area contributed by atoms with Gasteiger partial charge in [0.1, 0.15) is 0 Å². The average molecular weight is 271 g/mol. The molecule has 1 aromatic carbocycles. The molecule has 1 fully saturated rings. The molecule has 0 amide bonds. The summed E-state index contributed by atoms with van der Waals surface area (Å²) >= 11 is 3.40. The Labute approximate surface area is 98.4 Å². The molecular weight excluding hydrogens is 256 g/mol. The third-order valence-corrected chi connectivity index (χ3v) is 3.45. The summed E-state index contributed by atoms with van der Waals surface area (Å²) in [6.45, 7) is 2.66. The second-order valence-electron chi connectivity index (χ2n) is 4.20. The van der Waals surface area contributed by atoms with E-state index < -0.39 is 0 Å². The van der Waals surface area contributed by atoms with Crippen LogP contribution in [0.4, 0.5) is 0 Å². The third kappa shape index (κ3) is 2.46. The SMILES string of the molecule is Cc1cc(O)c(OCC2CCC2)c(Br)c1. The van der Waals surface area contributed by atoms with E-state index in [-0.39, 0.29) is 5.75 Å². The molecule has 1 aliphatic rings. The fraction of sp³-hybridized carbons (Fsp3) is 0.500. The lowest BCUT2D eigenvalue weighted by Gasteiger charge is -2.25. The first-order valence-corrected chi connectivity index (χ1v) is 6.08. The zero-order chi connectivity index (χ0) is 10.8. The maximum absolute atomic E-state index is 9.72. The number of aryl methyl sites for hydroxylation is 1. The van der Waals surface area contributed by atoms with Crippen LogP contribution < -0.4 is 4.74 Å². The maximum Gasteiger partial charge on any atom is 0.175 e. The Kier molecular flexibility index (Phi) is 3.19. The lowest BCUT2D eigenvalue weighted by atomic mass is 9.86. The molecular formula is C12H15BrO2. The van der Waals surface area contributed by atoms with Gasteiger partial charge in [-0.15, -0.1) is 0 Å². The third-order valence-electron chi connectivity index (χ3n) is 2.86. The summed E-state index contributed by atoms with van der Waals surface area (Å²) in [6.07, 6.45) is 3.82. The van der Waals surface area contributed by atoms with Gasteiger partial charge in [0, 0.05) is 0 Å². The van der Waals surface area contributed by atoms with Crippen LogP contribution in [0.25, 0.3) is 0 Å². The fourth-order valence-electron chi connectivity index (χ4n) is 1.71. The van der Waals surface area contributed by atoms with E-state index in [1.54, 1.807) is 6.07 Å². The van der Waals surface area contributed by atoms with Gasteiger partial charge in [-0.05, 0) is 59.3 Å². The molecule has 0 saturated heterocycles. The zero-order valence-electron chi connectivity index (χ0n) is 8.79. The van der Waals surface area contributed by atoms with Gasteiger partial charge >= 0.3 is 0 Å². The van der Waals surface area contributed by atoms with Crippen LogP contribution >= 0.6 is 15.9 Å². The van der Waals surface area contributed by atoms with E-state index in [1.807, 2.05) is 13.0 Å². The first kappa shape index (κ1) is 10.8. The van der Waals surface area contributed by atoms with Crippen LogP contribution in [0.3, 0.4) is 0 Å². The number of phenols is 1. The van der Waals surface area contributed by atoms with Gasteiger partial charge in [0.05, 0.1) is 11.1 Å². The first-order valence-electron chi connectivity index (χ1n) is 5.28. The van der Waals surface area contributed by atoms with Gasteiger partial charge in [-0.2, -0.15) is 0 Å². The van der Waals surface area contributed by atoms with Crippen molar-refractivity contribution < 1.29 is 9.84 Å². The number of halogens is 1. The molecule has 1 aromatic rings. The van der Waals surface area contributed by atoms with E-state index in [4.69, 9.17) is 4.74 Å². The summed E-state index contributed by atoms with van der Waals surface area (Å²) in [5.74, 6) is 1.48. The van der Waals surface area contributed by atoms with Crippen LogP contribution in [0.1, 0.15) is 24.8 Å². The average Bonchev–Trinajstić information content (AvgIpc) is 2.06. The second-order valence-corrected chi connectivity index (χ2v) is 5.06. The number of phenolic OH excluding ortho intramolecular Hbond substituents is 1. The van der Waals surface area contributed by atoms with Crippen molar-refractivity contribution in [3.8, 4) is 11.5 Å². The standard InChI is InChI=1S/C12H15BrO2/c1-8-5-10(13)12(11(14)6-8)15-7-9-3-2-4-9/h5-6,9,14H,2-4,7H2,1H3. The number of benzene rings is 1. The van der Waals surface area contributed by atoms with Gasteiger partial charge in [0.25, 0.3) is 0 Å². The molecule has 3 heteroatoms. The Balaban J connectivity index is 2.05. The highest BCUT2D eigenvalue weighted by Crippen LogP contribution is 2.37. The molecule has 2 rings (SSSR count). The van der Waals surface area contributed by atoms with E-state index in [9.17, 15) is 5.11 Å². The fourth-order valence-corrected chi connectivity index (χ4v) is 2.39. The highest BCUT2D eigenvalue weighted by Gasteiger charge is 2.19. The molecule has 0 aromatic heterocycles. The minimum absolute atomic E-state index is 0.223. The van der Waals surface area contributed by atoms with Crippen molar-refractivity contribution in [1.82, 2.24) is 0 Å². The summed E-state index contributed by atoms with van der Waals surface area (Å²) in [5.41, 5.74) is 1.02. The normalized spacial score (nSPS) is 16.1. The molecule has 0 spiro atoms. The molecule has 0 unspecified atom stereocenters. The van der Waals surface area contributed by atoms with Crippen LogP contribution in [0.5, 0.6) is 11.5 Å². The number of ether oxygens (including phenoxy) is 1. The summed E-state index contributed by atoms with van der Waals surface area (Å²) < 4.78 is 6.46. The predicted octanol–water partition coefficient (Wildman–Crippen LogP) is 3.64. The number of hydrogen-bond acceptors (Lipinski definition) is 2. The van der Waals surface area contributed by atoms with Crippen molar-refractivity contribution in [3.63, 3.8) is 0 Å². The Bertz CT molecular complexity index is 336. The van der Waals surface area contributed by atoms with Crippen molar-refractivity contribution in [2.45, 2.75) is 26.2 Å². The monoisotopic (exact) mass is 270 g/mol.